The lowest BCUT2D eigenvalue weighted by atomic mass is 10.2. The van der Waals surface area contributed by atoms with Crippen molar-refractivity contribution in [2.45, 2.75) is 18.7 Å². The largest absolute Gasteiger partial charge is 0.352 e. The first-order valence-electron chi connectivity index (χ1n) is 7.60. The van der Waals surface area contributed by atoms with Crippen LogP contribution < -0.4 is 11.1 Å². The van der Waals surface area contributed by atoms with Crippen LogP contribution in [0, 0.1) is 13.8 Å². The number of piperazine rings is 1. The van der Waals surface area contributed by atoms with Gasteiger partial charge < -0.3 is 16.0 Å². The van der Waals surface area contributed by atoms with E-state index in [1.54, 1.807) is 19.1 Å². The number of aryl methyl sites for hydroxylation is 2. The van der Waals surface area contributed by atoms with Gasteiger partial charge in [-0.1, -0.05) is 17.7 Å². The zero-order chi connectivity index (χ0) is 17.9. The van der Waals surface area contributed by atoms with Crippen molar-refractivity contribution in [3.63, 3.8) is 0 Å². The predicted molar refractivity (Wildman–Crippen MR) is 88.8 cm³/mol. The molecular weight excluding hydrogens is 332 g/mol. The molecule has 1 saturated heterocycles. The van der Waals surface area contributed by atoms with E-state index in [1.807, 2.05) is 13.0 Å². The lowest BCUT2D eigenvalue weighted by molar-refractivity contribution is -0.131. The Labute approximate surface area is 141 Å². The van der Waals surface area contributed by atoms with E-state index in [4.69, 9.17) is 5.73 Å². The molecule has 8 nitrogen and oxygen atoms in total. The number of rotatable bonds is 4. The molecule has 9 heteroatoms. The summed E-state index contributed by atoms with van der Waals surface area (Å²) in [4.78, 5) is 24.4. The second-order valence-corrected chi connectivity index (χ2v) is 7.68. The standard InChI is InChI=1S/C15H22N4O4S/c1-11-3-4-13(12(2)9-11)24(22,23)19-7-5-18(6-8-19)14(20)10-17-15(16)21/h3-4,9H,5-8,10H2,1-2H3,(H3,16,17,21). The minimum atomic E-state index is -3.58. The SMILES string of the molecule is Cc1ccc(S(=O)(=O)N2CCN(C(=O)CNC(N)=O)CC2)c(C)c1. The number of nitrogens with one attached hydrogen (secondary N) is 1. The van der Waals surface area contributed by atoms with Crippen LogP contribution in [0.25, 0.3) is 0 Å². The maximum atomic E-state index is 12.8. The number of primary amides is 1. The summed E-state index contributed by atoms with van der Waals surface area (Å²) >= 11 is 0. The van der Waals surface area contributed by atoms with Gasteiger partial charge in [-0.15, -0.1) is 0 Å². The fourth-order valence-electron chi connectivity index (χ4n) is 2.68. The first-order valence-corrected chi connectivity index (χ1v) is 9.04. The van der Waals surface area contributed by atoms with Crippen LogP contribution >= 0.6 is 0 Å². The summed E-state index contributed by atoms with van der Waals surface area (Å²) in [6.07, 6.45) is 0. The van der Waals surface area contributed by atoms with Crippen LogP contribution in [0.15, 0.2) is 23.1 Å². The molecule has 1 heterocycles. The van der Waals surface area contributed by atoms with Gasteiger partial charge >= 0.3 is 6.03 Å². The van der Waals surface area contributed by atoms with E-state index in [0.717, 1.165) is 5.56 Å². The fourth-order valence-corrected chi connectivity index (χ4v) is 4.31. The number of hydrogen-bond donors (Lipinski definition) is 2. The highest BCUT2D eigenvalue weighted by atomic mass is 32.2. The lowest BCUT2D eigenvalue weighted by Crippen LogP contribution is -2.52. The van der Waals surface area contributed by atoms with E-state index in [2.05, 4.69) is 5.32 Å². The number of carbonyl (C=O) groups excluding carboxylic acids is 2. The van der Waals surface area contributed by atoms with Crippen LogP contribution in [0.2, 0.25) is 0 Å². The fraction of sp³-hybridized carbons (Fsp3) is 0.467. The van der Waals surface area contributed by atoms with Crippen LogP contribution in [-0.4, -0.2) is 62.3 Å². The third-order valence-electron chi connectivity index (χ3n) is 3.95. The van der Waals surface area contributed by atoms with Crippen molar-refractivity contribution in [1.82, 2.24) is 14.5 Å². The quantitative estimate of drug-likeness (QED) is 0.780. The van der Waals surface area contributed by atoms with Crippen molar-refractivity contribution in [3.8, 4) is 0 Å². The molecular formula is C15H22N4O4S. The van der Waals surface area contributed by atoms with Gasteiger partial charge in [0.1, 0.15) is 0 Å². The maximum Gasteiger partial charge on any atom is 0.312 e. The van der Waals surface area contributed by atoms with Gasteiger partial charge in [-0.05, 0) is 25.5 Å². The molecule has 3 amide bonds. The molecule has 2 rings (SSSR count). The molecule has 1 fully saturated rings. The van der Waals surface area contributed by atoms with E-state index in [-0.39, 0.29) is 38.6 Å². The van der Waals surface area contributed by atoms with E-state index in [0.29, 0.717) is 10.5 Å². The molecule has 0 bridgehead atoms. The Kier molecular flexibility index (Phi) is 5.45. The van der Waals surface area contributed by atoms with Gasteiger partial charge in [0.15, 0.2) is 0 Å². The number of hydrogen-bond acceptors (Lipinski definition) is 4. The highest BCUT2D eigenvalue weighted by Gasteiger charge is 2.30. The summed E-state index contributed by atoms with van der Waals surface area (Å²) in [5.74, 6) is -0.280. The second kappa shape index (κ2) is 7.18. The van der Waals surface area contributed by atoms with E-state index >= 15 is 0 Å². The van der Waals surface area contributed by atoms with Crippen molar-refractivity contribution in [3.05, 3.63) is 29.3 Å². The highest BCUT2D eigenvalue weighted by Crippen LogP contribution is 2.22. The van der Waals surface area contributed by atoms with Crippen molar-refractivity contribution in [2.75, 3.05) is 32.7 Å². The molecule has 0 saturated carbocycles. The van der Waals surface area contributed by atoms with E-state index in [9.17, 15) is 18.0 Å². The lowest BCUT2D eigenvalue weighted by Gasteiger charge is -2.34. The summed E-state index contributed by atoms with van der Waals surface area (Å²) in [5, 5.41) is 2.24. The number of carbonyl (C=O) groups is 2. The Morgan fingerprint density at radius 1 is 1.17 bits per heavy atom. The number of benzene rings is 1. The third-order valence-corrected chi connectivity index (χ3v) is 6.01. The number of nitrogens with two attached hydrogens (primary N) is 1. The molecule has 1 aliphatic heterocycles. The molecule has 1 aromatic rings. The van der Waals surface area contributed by atoms with Gasteiger partial charge in [0.05, 0.1) is 11.4 Å². The molecule has 24 heavy (non-hydrogen) atoms. The smallest absolute Gasteiger partial charge is 0.312 e. The zero-order valence-electron chi connectivity index (χ0n) is 13.8. The summed E-state index contributed by atoms with van der Waals surface area (Å²) in [6.45, 7) is 4.50. The summed E-state index contributed by atoms with van der Waals surface area (Å²) < 4.78 is 26.9. The van der Waals surface area contributed by atoms with Crippen LogP contribution in [0.1, 0.15) is 11.1 Å². The number of sulfonamides is 1. The van der Waals surface area contributed by atoms with E-state index in [1.165, 1.54) is 9.21 Å². The van der Waals surface area contributed by atoms with Crippen LogP contribution in [0.4, 0.5) is 4.79 Å². The Hall–Kier alpha value is -2.13. The number of urea groups is 1. The average Bonchev–Trinajstić information content (AvgIpc) is 2.52. The van der Waals surface area contributed by atoms with Gasteiger partial charge in [0.25, 0.3) is 0 Å². The average molecular weight is 354 g/mol. The van der Waals surface area contributed by atoms with Crippen molar-refractivity contribution < 1.29 is 18.0 Å². The number of amides is 3. The minimum absolute atomic E-state index is 0.181. The van der Waals surface area contributed by atoms with Gasteiger partial charge in [-0.25, -0.2) is 13.2 Å². The normalized spacial score (nSPS) is 16.0. The molecule has 0 aromatic heterocycles. The Morgan fingerprint density at radius 3 is 2.33 bits per heavy atom. The van der Waals surface area contributed by atoms with Gasteiger partial charge in [-0.3, -0.25) is 4.79 Å². The molecule has 1 aromatic carbocycles. The number of nitrogens with zero attached hydrogens (tertiary/aromatic N) is 2. The highest BCUT2D eigenvalue weighted by molar-refractivity contribution is 7.89. The molecule has 0 radical (unpaired) electrons. The third kappa shape index (κ3) is 4.04. The second-order valence-electron chi connectivity index (χ2n) is 5.77. The molecule has 0 spiro atoms. The van der Waals surface area contributed by atoms with Crippen molar-refractivity contribution >= 4 is 22.0 Å². The monoisotopic (exact) mass is 354 g/mol. The van der Waals surface area contributed by atoms with Crippen LogP contribution in [0.3, 0.4) is 0 Å². The van der Waals surface area contributed by atoms with Crippen molar-refractivity contribution in [1.29, 1.82) is 0 Å². The van der Waals surface area contributed by atoms with E-state index < -0.39 is 16.1 Å². The molecule has 0 atom stereocenters. The predicted octanol–water partition coefficient (Wildman–Crippen LogP) is -0.195. The molecule has 132 valence electrons. The first-order chi connectivity index (χ1) is 11.2. The molecule has 0 aliphatic carbocycles. The Bertz CT molecular complexity index is 740. The molecule has 3 N–H and O–H groups in total. The first kappa shape index (κ1) is 18.2. The zero-order valence-corrected chi connectivity index (χ0v) is 14.6. The summed E-state index contributed by atoms with van der Waals surface area (Å²) in [6, 6.07) is 4.46. The maximum absolute atomic E-state index is 12.8. The van der Waals surface area contributed by atoms with Crippen LogP contribution in [-0.2, 0) is 14.8 Å². The summed E-state index contributed by atoms with van der Waals surface area (Å²) in [7, 11) is -3.58. The van der Waals surface area contributed by atoms with Crippen molar-refractivity contribution in [2.24, 2.45) is 5.73 Å². The van der Waals surface area contributed by atoms with Gasteiger partial charge in [0.2, 0.25) is 15.9 Å². The Morgan fingerprint density at radius 2 is 1.79 bits per heavy atom. The van der Waals surface area contributed by atoms with Gasteiger partial charge in [-0.2, -0.15) is 4.31 Å². The van der Waals surface area contributed by atoms with Gasteiger partial charge in [0, 0.05) is 26.2 Å². The Balaban J connectivity index is 2.03. The molecule has 1 aliphatic rings. The summed E-state index contributed by atoms with van der Waals surface area (Å²) in [5.41, 5.74) is 6.64. The minimum Gasteiger partial charge on any atom is -0.352 e. The van der Waals surface area contributed by atoms with Crippen LogP contribution in [0.5, 0.6) is 0 Å². The topological polar surface area (TPSA) is 113 Å². The molecule has 0 unspecified atom stereocenters.